The molecule has 6 nitrogen and oxygen atoms in total. The van der Waals surface area contributed by atoms with Crippen LogP contribution in [0.25, 0.3) is 11.3 Å². The van der Waals surface area contributed by atoms with Crippen LogP contribution in [0.1, 0.15) is 42.0 Å². The number of nitrogens with one attached hydrogen (secondary N) is 2. The van der Waals surface area contributed by atoms with E-state index in [-0.39, 0.29) is 10.5 Å². The number of aryl methyl sites for hydroxylation is 2. The third kappa shape index (κ3) is 3.89. The van der Waals surface area contributed by atoms with Crippen LogP contribution < -0.4 is 10.3 Å². The highest BCUT2D eigenvalue weighted by Gasteiger charge is 2.22. The molecule has 4 rings (SSSR count). The maximum Gasteiger partial charge on any atom is 0.267 e. The molecule has 30 heavy (non-hydrogen) atoms. The van der Waals surface area contributed by atoms with E-state index in [0.717, 1.165) is 48.8 Å². The maximum absolute atomic E-state index is 13.1. The predicted molar refractivity (Wildman–Crippen MR) is 118 cm³/mol. The Kier molecular flexibility index (Phi) is 5.47. The average Bonchev–Trinajstić information content (AvgIpc) is 2.75. The number of nitrogens with zero attached hydrogens (tertiary/aromatic N) is 1. The lowest BCUT2D eigenvalue weighted by molar-refractivity contribution is 0.600. The highest BCUT2D eigenvalue weighted by atomic mass is 32.2. The van der Waals surface area contributed by atoms with Gasteiger partial charge in [-0.25, -0.2) is 13.5 Å². The fourth-order valence-corrected chi connectivity index (χ4v) is 5.28. The summed E-state index contributed by atoms with van der Waals surface area (Å²) in [6.07, 6.45) is 4.38. The molecule has 1 aromatic heterocycles. The SMILES string of the molecule is CCc1ccc(NS(=O)(=O)c2cc(-c3n[nH]c(=O)c4c3CCCC4)ccc2C)cc1. The van der Waals surface area contributed by atoms with Crippen molar-refractivity contribution in [3.63, 3.8) is 0 Å². The van der Waals surface area contributed by atoms with Gasteiger partial charge in [0.2, 0.25) is 0 Å². The van der Waals surface area contributed by atoms with E-state index in [1.807, 2.05) is 18.2 Å². The third-order valence-electron chi connectivity index (χ3n) is 5.66. The van der Waals surface area contributed by atoms with Crippen LogP contribution in [0.4, 0.5) is 5.69 Å². The Morgan fingerprint density at radius 3 is 2.43 bits per heavy atom. The summed E-state index contributed by atoms with van der Waals surface area (Å²) in [5.74, 6) is 0. The van der Waals surface area contributed by atoms with Gasteiger partial charge < -0.3 is 0 Å². The minimum atomic E-state index is -3.77. The molecule has 1 aliphatic carbocycles. The molecular formula is C23H25N3O3S. The van der Waals surface area contributed by atoms with Gasteiger partial charge in [-0.05, 0) is 73.9 Å². The normalized spacial score (nSPS) is 13.7. The summed E-state index contributed by atoms with van der Waals surface area (Å²) in [7, 11) is -3.77. The van der Waals surface area contributed by atoms with E-state index < -0.39 is 10.0 Å². The zero-order chi connectivity index (χ0) is 21.3. The number of hydrogen-bond donors (Lipinski definition) is 2. The molecule has 7 heteroatoms. The second-order valence-corrected chi connectivity index (χ2v) is 9.35. The van der Waals surface area contributed by atoms with E-state index in [2.05, 4.69) is 21.8 Å². The molecule has 3 aromatic rings. The Labute approximate surface area is 176 Å². The summed E-state index contributed by atoms with van der Waals surface area (Å²) in [6, 6.07) is 12.7. The Hall–Kier alpha value is -2.93. The first kappa shape index (κ1) is 20.3. The van der Waals surface area contributed by atoms with E-state index in [4.69, 9.17) is 0 Å². The van der Waals surface area contributed by atoms with E-state index in [1.54, 1.807) is 31.2 Å². The standard InChI is InChI=1S/C23H25N3O3S/c1-3-16-9-12-18(13-10-16)26-30(28,29)21-14-17(11-8-15(21)2)22-19-6-4-5-7-20(19)23(27)25-24-22/h8-14,26H,3-7H2,1-2H3,(H,25,27). The summed E-state index contributed by atoms with van der Waals surface area (Å²) < 4.78 is 28.9. The van der Waals surface area contributed by atoms with Gasteiger partial charge in [-0.3, -0.25) is 9.52 Å². The first-order chi connectivity index (χ1) is 14.4. The molecule has 1 aliphatic rings. The van der Waals surface area contributed by atoms with Crippen molar-refractivity contribution in [1.29, 1.82) is 0 Å². The Balaban J connectivity index is 1.74. The van der Waals surface area contributed by atoms with E-state index >= 15 is 0 Å². The summed E-state index contributed by atoms with van der Waals surface area (Å²) >= 11 is 0. The van der Waals surface area contributed by atoms with Gasteiger partial charge in [-0.2, -0.15) is 5.10 Å². The van der Waals surface area contributed by atoms with Crippen molar-refractivity contribution >= 4 is 15.7 Å². The van der Waals surface area contributed by atoms with E-state index in [0.29, 0.717) is 22.5 Å². The molecule has 1 heterocycles. The van der Waals surface area contributed by atoms with Crippen LogP contribution >= 0.6 is 0 Å². The van der Waals surface area contributed by atoms with Gasteiger partial charge in [0, 0.05) is 16.8 Å². The number of sulfonamides is 1. The molecule has 2 N–H and O–H groups in total. The average molecular weight is 424 g/mol. The first-order valence-corrected chi connectivity index (χ1v) is 11.7. The van der Waals surface area contributed by atoms with Crippen LogP contribution in [0.2, 0.25) is 0 Å². The van der Waals surface area contributed by atoms with E-state index in [9.17, 15) is 13.2 Å². The Morgan fingerprint density at radius 1 is 1.03 bits per heavy atom. The second-order valence-electron chi connectivity index (χ2n) is 7.70. The fourth-order valence-electron chi connectivity index (χ4n) is 3.95. The van der Waals surface area contributed by atoms with Crippen LogP contribution in [0, 0.1) is 6.92 Å². The van der Waals surface area contributed by atoms with Crippen molar-refractivity contribution in [2.24, 2.45) is 0 Å². The van der Waals surface area contributed by atoms with Crippen LogP contribution in [-0.4, -0.2) is 18.6 Å². The molecule has 0 amide bonds. The number of hydrogen-bond acceptors (Lipinski definition) is 4. The molecule has 156 valence electrons. The predicted octanol–water partition coefficient (Wildman–Crippen LogP) is 3.99. The zero-order valence-corrected chi connectivity index (χ0v) is 18.0. The number of aromatic amines is 1. The number of aromatic nitrogens is 2. The topological polar surface area (TPSA) is 91.9 Å². The summed E-state index contributed by atoms with van der Waals surface area (Å²) in [5.41, 5.74) is 5.22. The van der Waals surface area contributed by atoms with Crippen LogP contribution in [0.15, 0.2) is 52.2 Å². The summed E-state index contributed by atoms with van der Waals surface area (Å²) in [4.78, 5) is 12.4. The van der Waals surface area contributed by atoms with Crippen LogP contribution in [-0.2, 0) is 29.3 Å². The molecule has 0 fully saturated rings. The maximum atomic E-state index is 13.1. The van der Waals surface area contributed by atoms with Crippen LogP contribution in [0.3, 0.4) is 0 Å². The Bertz CT molecular complexity index is 1250. The molecule has 0 unspecified atom stereocenters. The molecule has 0 atom stereocenters. The molecule has 2 aromatic carbocycles. The molecular weight excluding hydrogens is 398 g/mol. The van der Waals surface area contributed by atoms with Gasteiger partial charge in [0.1, 0.15) is 0 Å². The number of H-pyrrole nitrogens is 1. The number of fused-ring (bicyclic) bond motifs is 1. The van der Waals surface area contributed by atoms with E-state index in [1.165, 1.54) is 0 Å². The van der Waals surface area contributed by atoms with Gasteiger partial charge in [0.15, 0.2) is 0 Å². The Morgan fingerprint density at radius 2 is 1.73 bits per heavy atom. The monoisotopic (exact) mass is 423 g/mol. The van der Waals surface area contributed by atoms with Crippen LogP contribution in [0.5, 0.6) is 0 Å². The van der Waals surface area contributed by atoms with Crippen molar-refractivity contribution in [2.75, 3.05) is 4.72 Å². The lowest BCUT2D eigenvalue weighted by Gasteiger charge is -2.18. The minimum absolute atomic E-state index is 0.148. The lowest BCUT2D eigenvalue weighted by atomic mass is 9.90. The number of rotatable bonds is 5. The summed E-state index contributed by atoms with van der Waals surface area (Å²) in [5, 5.41) is 6.84. The van der Waals surface area contributed by atoms with Crippen molar-refractivity contribution in [3.8, 4) is 11.3 Å². The lowest BCUT2D eigenvalue weighted by Crippen LogP contribution is -2.21. The van der Waals surface area contributed by atoms with Gasteiger partial charge in [-0.1, -0.05) is 31.2 Å². The van der Waals surface area contributed by atoms with Crippen molar-refractivity contribution in [3.05, 3.63) is 75.1 Å². The quantitative estimate of drug-likeness (QED) is 0.649. The largest absolute Gasteiger partial charge is 0.280 e. The first-order valence-electron chi connectivity index (χ1n) is 10.2. The molecule has 0 saturated heterocycles. The molecule has 0 spiro atoms. The van der Waals surface area contributed by atoms with Gasteiger partial charge in [-0.15, -0.1) is 0 Å². The molecule has 0 radical (unpaired) electrons. The molecule has 0 saturated carbocycles. The smallest absolute Gasteiger partial charge is 0.267 e. The zero-order valence-electron chi connectivity index (χ0n) is 17.2. The minimum Gasteiger partial charge on any atom is -0.280 e. The third-order valence-corrected chi connectivity index (χ3v) is 7.19. The fraction of sp³-hybridized carbons (Fsp3) is 0.304. The van der Waals surface area contributed by atoms with Gasteiger partial charge in [0.25, 0.3) is 15.6 Å². The summed E-state index contributed by atoms with van der Waals surface area (Å²) in [6.45, 7) is 3.83. The van der Waals surface area contributed by atoms with Gasteiger partial charge >= 0.3 is 0 Å². The second kappa shape index (κ2) is 8.07. The number of benzene rings is 2. The molecule has 0 aliphatic heterocycles. The van der Waals surface area contributed by atoms with Crippen molar-refractivity contribution in [1.82, 2.24) is 10.2 Å². The number of anilines is 1. The van der Waals surface area contributed by atoms with Crippen molar-refractivity contribution < 1.29 is 8.42 Å². The highest BCUT2D eigenvalue weighted by Crippen LogP contribution is 2.30. The van der Waals surface area contributed by atoms with Crippen molar-refractivity contribution in [2.45, 2.75) is 50.8 Å². The van der Waals surface area contributed by atoms with Gasteiger partial charge in [0.05, 0.1) is 10.6 Å². The highest BCUT2D eigenvalue weighted by molar-refractivity contribution is 7.92. The molecule has 0 bridgehead atoms.